The first kappa shape index (κ1) is 16.5. The van der Waals surface area contributed by atoms with Gasteiger partial charge in [-0.05, 0) is 17.5 Å². The number of nitrogens with one attached hydrogen (secondary N) is 1. The Labute approximate surface area is 124 Å². The molecular weight excluding hydrogens is 278 g/mol. The van der Waals surface area contributed by atoms with Crippen molar-refractivity contribution >= 4 is 24.2 Å². The first-order valence-electron chi connectivity index (χ1n) is 6.52. The van der Waals surface area contributed by atoms with Crippen LogP contribution in [0.4, 0.5) is 0 Å². The maximum atomic E-state index is 11.6. The van der Waals surface area contributed by atoms with Crippen LogP contribution >= 0.6 is 12.4 Å². The van der Waals surface area contributed by atoms with Gasteiger partial charge in [0.1, 0.15) is 0 Å². The number of rotatable bonds is 5. The van der Waals surface area contributed by atoms with Gasteiger partial charge in [-0.2, -0.15) is 0 Å². The van der Waals surface area contributed by atoms with E-state index in [0.29, 0.717) is 19.5 Å². The lowest BCUT2D eigenvalue weighted by molar-refractivity contribution is -0.128. The third-order valence-electron chi connectivity index (χ3n) is 3.31. The molecule has 0 aromatic heterocycles. The summed E-state index contributed by atoms with van der Waals surface area (Å²) >= 11 is 0. The van der Waals surface area contributed by atoms with Crippen LogP contribution < -0.4 is 11.1 Å². The third kappa shape index (κ3) is 4.21. The standard InChI is InChI=1S/C14H19N3O2.ClH/c15-8-13(18)16-9-11-4-1-2-5-12(11)10-17-7-3-6-14(17)19;/h1-2,4-5H,3,6-10,15H2,(H,16,18);1H. The summed E-state index contributed by atoms with van der Waals surface area (Å²) in [7, 11) is 0. The Hall–Kier alpha value is -1.59. The third-order valence-corrected chi connectivity index (χ3v) is 3.31. The average Bonchev–Trinajstić information content (AvgIpc) is 2.83. The van der Waals surface area contributed by atoms with Crippen LogP contribution in [-0.2, 0) is 22.7 Å². The zero-order valence-electron chi connectivity index (χ0n) is 11.3. The first-order chi connectivity index (χ1) is 9.20. The van der Waals surface area contributed by atoms with Crippen LogP contribution in [0.5, 0.6) is 0 Å². The number of carbonyl (C=O) groups is 2. The van der Waals surface area contributed by atoms with Gasteiger partial charge in [0.15, 0.2) is 0 Å². The molecule has 1 aliphatic heterocycles. The van der Waals surface area contributed by atoms with Crippen LogP contribution in [0.1, 0.15) is 24.0 Å². The highest BCUT2D eigenvalue weighted by atomic mass is 35.5. The molecule has 110 valence electrons. The molecule has 6 heteroatoms. The summed E-state index contributed by atoms with van der Waals surface area (Å²) in [5, 5.41) is 2.76. The normalized spacial score (nSPS) is 14.1. The second-order valence-corrected chi connectivity index (χ2v) is 4.67. The van der Waals surface area contributed by atoms with Crippen molar-refractivity contribution in [3.8, 4) is 0 Å². The summed E-state index contributed by atoms with van der Waals surface area (Å²) in [4.78, 5) is 24.7. The van der Waals surface area contributed by atoms with Gasteiger partial charge in [0, 0.05) is 26.1 Å². The van der Waals surface area contributed by atoms with Gasteiger partial charge in [-0.1, -0.05) is 24.3 Å². The molecule has 0 saturated carbocycles. The molecule has 1 aromatic carbocycles. The monoisotopic (exact) mass is 297 g/mol. The summed E-state index contributed by atoms with van der Waals surface area (Å²) in [6.45, 7) is 1.89. The Bertz CT molecular complexity index is 479. The number of nitrogens with zero attached hydrogens (tertiary/aromatic N) is 1. The highest BCUT2D eigenvalue weighted by molar-refractivity contribution is 5.85. The first-order valence-corrected chi connectivity index (χ1v) is 6.52. The van der Waals surface area contributed by atoms with Gasteiger partial charge in [-0.3, -0.25) is 9.59 Å². The Morgan fingerprint density at radius 1 is 1.30 bits per heavy atom. The van der Waals surface area contributed by atoms with E-state index >= 15 is 0 Å². The van der Waals surface area contributed by atoms with Crippen molar-refractivity contribution < 1.29 is 9.59 Å². The van der Waals surface area contributed by atoms with Crippen LogP contribution in [0, 0.1) is 0 Å². The van der Waals surface area contributed by atoms with Crippen molar-refractivity contribution in [1.82, 2.24) is 10.2 Å². The van der Waals surface area contributed by atoms with Crippen molar-refractivity contribution in [2.75, 3.05) is 13.1 Å². The van der Waals surface area contributed by atoms with E-state index in [2.05, 4.69) is 5.32 Å². The lowest BCUT2D eigenvalue weighted by Crippen LogP contribution is -2.30. The second-order valence-electron chi connectivity index (χ2n) is 4.67. The lowest BCUT2D eigenvalue weighted by atomic mass is 10.1. The minimum Gasteiger partial charge on any atom is -0.351 e. The van der Waals surface area contributed by atoms with E-state index in [1.807, 2.05) is 29.2 Å². The molecule has 1 fully saturated rings. The average molecular weight is 298 g/mol. The molecule has 0 aliphatic carbocycles. The van der Waals surface area contributed by atoms with Crippen LogP contribution in [0.2, 0.25) is 0 Å². The summed E-state index contributed by atoms with van der Waals surface area (Å²) in [5.41, 5.74) is 7.37. The smallest absolute Gasteiger partial charge is 0.234 e. The van der Waals surface area contributed by atoms with Crippen molar-refractivity contribution in [2.24, 2.45) is 5.73 Å². The van der Waals surface area contributed by atoms with E-state index in [1.165, 1.54) is 0 Å². The molecule has 0 unspecified atom stereocenters. The van der Waals surface area contributed by atoms with Crippen molar-refractivity contribution in [2.45, 2.75) is 25.9 Å². The SMILES string of the molecule is Cl.NCC(=O)NCc1ccccc1CN1CCCC1=O. The van der Waals surface area contributed by atoms with E-state index < -0.39 is 0 Å². The maximum absolute atomic E-state index is 11.6. The molecular formula is C14H20ClN3O2. The fraction of sp³-hybridized carbons (Fsp3) is 0.429. The number of hydrogen-bond donors (Lipinski definition) is 2. The van der Waals surface area contributed by atoms with Gasteiger partial charge in [0.05, 0.1) is 6.54 Å². The van der Waals surface area contributed by atoms with E-state index in [0.717, 1.165) is 24.1 Å². The van der Waals surface area contributed by atoms with Crippen molar-refractivity contribution in [3.05, 3.63) is 35.4 Å². The Kier molecular flexibility index (Phi) is 6.48. The van der Waals surface area contributed by atoms with E-state index in [4.69, 9.17) is 5.73 Å². The number of amides is 2. The van der Waals surface area contributed by atoms with Gasteiger partial charge in [0.25, 0.3) is 0 Å². The zero-order chi connectivity index (χ0) is 13.7. The fourth-order valence-electron chi connectivity index (χ4n) is 2.23. The molecule has 20 heavy (non-hydrogen) atoms. The lowest BCUT2D eigenvalue weighted by Gasteiger charge is -2.18. The second kappa shape index (κ2) is 7.87. The summed E-state index contributed by atoms with van der Waals surface area (Å²) < 4.78 is 0. The molecule has 3 N–H and O–H groups in total. The fourth-order valence-corrected chi connectivity index (χ4v) is 2.23. The molecule has 0 bridgehead atoms. The van der Waals surface area contributed by atoms with Crippen molar-refractivity contribution in [1.29, 1.82) is 0 Å². The molecule has 0 radical (unpaired) electrons. The quantitative estimate of drug-likeness (QED) is 0.844. The molecule has 2 amide bonds. The molecule has 1 aliphatic rings. The number of nitrogens with two attached hydrogens (primary N) is 1. The molecule has 1 saturated heterocycles. The largest absolute Gasteiger partial charge is 0.351 e. The van der Waals surface area contributed by atoms with Gasteiger partial charge in [-0.15, -0.1) is 12.4 Å². The summed E-state index contributed by atoms with van der Waals surface area (Å²) in [5.74, 6) is 0.0350. The van der Waals surface area contributed by atoms with E-state index in [9.17, 15) is 9.59 Å². The van der Waals surface area contributed by atoms with Crippen LogP contribution in [0.3, 0.4) is 0 Å². The van der Waals surface area contributed by atoms with Crippen LogP contribution in [0.25, 0.3) is 0 Å². The molecule has 0 atom stereocenters. The summed E-state index contributed by atoms with van der Waals surface area (Å²) in [6.07, 6.45) is 1.58. The predicted molar refractivity (Wildman–Crippen MR) is 79.2 cm³/mol. The summed E-state index contributed by atoms with van der Waals surface area (Å²) in [6, 6.07) is 7.84. The Balaban J connectivity index is 0.00000200. The molecule has 1 heterocycles. The minimum atomic E-state index is -0.174. The Morgan fingerprint density at radius 2 is 2.00 bits per heavy atom. The van der Waals surface area contributed by atoms with Crippen molar-refractivity contribution in [3.63, 3.8) is 0 Å². The number of likely N-dealkylation sites (tertiary alicyclic amines) is 1. The Morgan fingerprint density at radius 3 is 2.60 bits per heavy atom. The van der Waals surface area contributed by atoms with E-state index in [1.54, 1.807) is 0 Å². The minimum absolute atomic E-state index is 0. The highest BCUT2D eigenvalue weighted by Crippen LogP contribution is 2.17. The van der Waals surface area contributed by atoms with Gasteiger partial charge < -0.3 is 16.0 Å². The molecule has 0 spiro atoms. The number of hydrogen-bond acceptors (Lipinski definition) is 3. The number of carbonyl (C=O) groups excluding carboxylic acids is 2. The molecule has 1 aromatic rings. The topological polar surface area (TPSA) is 75.4 Å². The van der Waals surface area contributed by atoms with E-state index in [-0.39, 0.29) is 30.8 Å². The maximum Gasteiger partial charge on any atom is 0.234 e. The number of halogens is 1. The van der Waals surface area contributed by atoms with Gasteiger partial charge >= 0.3 is 0 Å². The number of benzene rings is 1. The van der Waals surface area contributed by atoms with Gasteiger partial charge in [0.2, 0.25) is 11.8 Å². The van der Waals surface area contributed by atoms with Crippen LogP contribution in [0.15, 0.2) is 24.3 Å². The molecule has 2 rings (SSSR count). The van der Waals surface area contributed by atoms with Gasteiger partial charge in [-0.25, -0.2) is 0 Å². The predicted octanol–water partition coefficient (Wildman–Crippen LogP) is 0.806. The molecule has 5 nitrogen and oxygen atoms in total. The zero-order valence-corrected chi connectivity index (χ0v) is 12.1. The highest BCUT2D eigenvalue weighted by Gasteiger charge is 2.20. The van der Waals surface area contributed by atoms with Crippen LogP contribution in [-0.4, -0.2) is 29.8 Å².